The molecule has 0 fully saturated rings. The summed E-state index contributed by atoms with van der Waals surface area (Å²) in [5.41, 5.74) is 0. The standard InChI is InChI=1S/C5H4NS2/c7-4-1-2-6-5(8)3-4/h1-3H,(H,6,8). The zero-order valence-corrected chi connectivity index (χ0v) is 5.68. The van der Waals surface area contributed by atoms with E-state index in [4.69, 9.17) is 24.4 Å². The van der Waals surface area contributed by atoms with Gasteiger partial charge in [-0.25, -0.2) is 0 Å². The Kier molecular flexibility index (Phi) is 1.70. The van der Waals surface area contributed by atoms with Gasteiger partial charge in [0.2, 0.25) is 0 Å². The van der Waals surface area contributed by atoms with Gasteiger partial charge in [0.1, 0.15) is 0 Å². The van der Waals surface area contributed by atoms with E-state index in [1.165, 1.54) is 0 Å². The van der Waals surface area contributed by atoms with Gasteiger partial charge in [-0.05, 0) is 6.08 Å². The summed E-state index contributed by atoms with van der Waals surface area (Å²) in [6.45, 7) is 0. The lowest BCUT2D eigenvalue weighted by atomic mass is 10.2. The molecular weight excluding hydrogens is 138 g/mol. The van der Waals surface area contributed by atoms with Crippen molar-refractivity contribution in [2.75, 3.05) is 0 Å². The summed E-state index contributed by atoms with van der Waals surface area (Å²) < 4.78 is 0. The maximum atomic E-state index is 4.81. The highest BCUT2D eigenvalue weighted by atomic mass is 32.1. The van der Waals surface area contributed by atoms with E-state index in [2.05, 4.69) is 5.32 Å². The van der Waals surface area contributed by atoms with Crippen LogP contribution in [0.25, 0.3) is 0 Å². The Morgan fingerprint density at radius 1 is 1.38 bits per heavy atom. The van der Waals surface area contributed by atoms with Gasteiger partial charge in [-0.3, -0.25) is 0 Å². The van der Waals surface area contributed by atoms with E-state index in [0.29, 0.717) is 4.99 Å². The minimum absolute atomic E-state index is 0.692. The maximum absolute atomic E-state index is 4.81. The average Bonchev–Trinajstić information content (AvgIpc) is 1.64. The van der Waals surface area contributed by atoms with Gasteiger partial charge in [-0.2, -0.15) is 0 Å². The molecule has 1 radical (unpaired) electrons. The molecule has 0 bridgehead atoms. The third kappa shape index (κ3) is 1.35. The van der Waals surface area contributed by atoms with Gasteiger partial charge in [0.05, 0.1) is 11.4 Å². The molecule has 0 aromatic carbocycles. The number of hydrogen-bond acceptors (Lipinski definition) is 2. The Labute approximate surface area is 58.8 Å². The van der Waals surface area contributed by atoms with E-state index >= 15 is 0 Å². The van der Waals surface area contributed by atoms with Gasteiger partial charge in [-0.1, -0.05) is 24.4 Å². The van der Waals surface area contributed by atoms with Crippen LogP contribution in [0, 0.1) is 6.42 Å². The Morgan fingerprint density at radius 2 is 2.12 bits per heavy atom. The van der Waals surface area contributed by atoms with Gasteiger partial charge in [0.25, 0.3) is 0 Å². The molecule has 0 atom stereocenters. The van der Waals surface area contributed by atoms with Crippen molar-refractivity contribution in [3.63, 3.8) is 0 Å². The fraction of sp³-hybridized carbons (Fsp3) is 0. The normalized spacial score (nSPS) is 18.5. The first-order valence-corrected chi connectivity index (χ1v) is 2.96. The largest absolute Gasteiger partial charge is 0.356 e. The molecule has 0 spiro atoms. The first-order chi connectivity index (χ1) is 3.79. The van der Waals surface area contributed by atoms with E-state index in [0.717, 1.165) is 4.86 Å². The van der Waals surface area contributed by atoms with Crippen LogP contribution in [0.3, 0.4) is 0 Å². The summed E-state index contributed by atoms with van der Waals surface area (Å²) >= 11 is 9.59. The predicted octanol–water partition coefficient (Wildman–Crippen LogP) is 1.00. The molecule has 0 saturated carbocycles. The zero-order valence-electron chi connectivity index (χ0n) is 4.05. The Bertz CT molecular complexity index is 160. The molecule has 0 aromatic heterocycles. The first kappa shape index (κ1) is 5.85. The summed E-state index contributed by atoms with van der Waals surface area (Å²) in [4.78, 5) is 1.48. The summed E-state index contributed by atoms with van der Waals surface area (Å²) in [6.07, 6.45) is 5.28. The summed E-state index contributed by atoms with van der Waals surface area (Å²) in [5.74, 6) is 0. The molecule has 0 unspecified atom stereocenters. The predicted molar refractivity (Wildman–Crippen MR) is 41.8 cm³/mol. The third-order valence-electron chi connectivity index (χ3n) is 0.747. The van der Waals surface area contributed by atoms with Gasteiger partial charge >= 0.3 is 0 Å². The monoisotopic (exact) mass is 142 g/mol. The SMILES string of the molecule is S=C1[CH]C(=S)NC=C1. The van der Waals surface area contributed by atoms with E-state index in [9.17, 15) is 0 Å². The number of nitrogens with one attached hydrogen (secondary N) is 1. The van der Waals surface area contributed by atoms with E-state index < -0.39 is 0 Å². The Hall–Kier alpha value is -0.280. The summed E-state index contributed by atoms with van der Waals surface area (Å²) in [5, 5.41) is 2.82. The van der Waals surface area contributed by atoms with Crippen LogP contribution in [0.2, 0.25) is 0 Å². The fourth-order valence-corrected chi connectivity index (χ4v) is 0.880. The average molecular weight is 142 g/mol. The van der Waals surface area contributed by atoms with E-state index in [-0.39, 0.29) is 0 Å². The molecule has 1 aliphatic rings. The van der Waals surface area contributed by atoms with Crippen molar-refractivity contribution < 1.29 is 0 Å². The maximum Gasteiger partial charge on any atom is 0.0888 e. The second-order valence-electron chi connectivity index (χ2n) is 1.39. The molecule has 0 aromatic rings. The zero-order chi connectivity index (χ0) is 5.98. The Morgan fingerprint density at radius 3 is 2.50 bits per heavy atom. The minimum Gasteiger partial charge on any atom is -0.356 e. The summed E-state index contributed by atoms with van der Waals surface area (Å²) in [6, 6.07) is 0. The number of allylic oxidation sites excluding steroid dienone is 1. The van der Waals surface area contributed by atoms with Crippen molar-refractivity contribution in [3.8, 4) is 0 Å². The third-order valence-corrected chi connectivity index (χ3v) is 1.24. The number of rotatable bonds is 0. The highest BCUT2D eigenvalue weighted by Gasteiger charge is 2.01. The lowest BCUT2D eigenvalue weighted by Gasteiger charge is -2.05. The Balaban J connectivity index is 2.68. The molecule has 0 saturated heterocycles. The topological polar surface area (TPSA) is 12.0 Å². The van der Waals surface area contributed by atoms with Gasteiger partial charge in [0, 0.05) is 11.1 Å². The van der Waals surface area contributed by atoms with Crippen molar-refractivity contribution in [1.29, 1.82) is 0 Å². The second-order valence-corrected chi connectivity index (χ2v) is 2.30. The molecule has 3 heteroatoms. The molecule has 1 aliphatic heterocycles. The smallest absolute Gasteiger partial charge is 0.0888 e. The minimum atomic E-state index is 0.692. The van der Waals surface area contributed by atoms with Crippen molar-refractivity contribution in [2.24, 2.45) is 0 Å². The van der Waals surface area contributed by atoms with Crippen molar-refractivity contribution >= 4 is 34.3 Å². The lowest BCUT2D eigenvalue weighted by molar-refractivity contribution is 1.30. The molecule has 41 valence electrons. The van der Waals surface area contributed by atoms with Crippen molar-refractivity contribution in [2.45, 2.75) is 0 Å². The lowest BCUT2D eigenvalue weighted by Crippen LogP contribution is -2.22. The molecular formula is C5H4NS2. The fourth-order valence-electron chi connectivity index (χ4n) is 0.425. The quantitative estimate of drug-likeness (QED) is 0.507. The molecule has 1 rings (SSSR count). The van der Waals surface area contributed by atoms with Crippen LogP contribution in [0.15, 0.2) is 12.3 Å². The van der Waals surface area contributed by atoms with E-state index in [1.807, 2.05) is 0 Å². The van der Waals surface area contributed by atoms with Crippen LogP contribution in [-0.4, -0.2) is 9.85 Å². The first-order valence-electron chi connectivity index (χ1n) is 2.15. The highest BCUT2D eigenvalue weighted by molar-refractivity contribution is 7.82. The van der Waals surface area contributed by atoms with Crippen molar-refractivity contribution in [3.05, 3.63) is 18.7 Å². The van der Waals surface area contributed by atoms with Crippen molar-refractivity contribution in [1.82, 2.24) is 5.32 Å². The highest BCUT2D eigenvalue weighted by Crippen LogP contribution is 1.94. The van der Waals surface area contributed by atoms with E-state index in [1.54, 1.807) is 18.7 Å². The summed E-state index contributed by atoms with van der Waals surface area (Å²) in [7, 11) is 0. The van der Waals surface area contributed by atoms with Crippen LogP contribution in [-0.2, 0) is 0 Å². The van der Waals surface area contributed by atoms with Crippen LogP contribution in [0.5, 0.6) is 0 Å². The van der Waals surface area contributed by atoms with Gasteiger partial charge in [-0.15, -0.1) is 0 Å². The molecule has 0 amide bonds. The van der Waals surface area contributed by atoms with Crippen LogP contribution >= 0.6 is 24.4 Å². The number of hydrogen-bond donors (Lipinski definition) is 1. The van der Waals surface area contributed by atoms with Gasteiger partial charge < -0.3 is 5.32 Å². The second kappa shape index (κ2) is 2.33. The molecule has 1 nitrogen and oxygen atoms in total. The molecule has 8 heavy (non-hydrogen) atoms. The van der Waals surface area contributed by atoms with Gasteiger partial charge in [0.15, 0.2) is 0 Å². The molecule has 1 heterocycles. The van der Waals surface area contributed by atoms with Crippen LogP contribution in [0.1, 0.15) is 0 Å². The van der Waals surface area contributed by atoms with Crippen LogP contribution < -0.4 is 5.32 Å². The van der Waals surface area contributed by atoms with Crippen LogP contribution in [0.4, 0.5) is 0 Å². The molecule has 1 N–H and O–H groups in total. The molecule has 0 aliphatic carbocycles. The number of thiocarbonyl (C=S) groups is 2.